The lowest BCUT2D eigenvalue weighted by atomic mass is 9.95. The van der Waals surface area contributed by atoms with Gasteiger partial charge in [0.25, 0.3) is 0 Å². The van der Waals surface area contributed by atoms with Crippen LogP contribution in [0.3, 0.4) is 0 Å². The van der Waals surface area contributed by atoms with Gasteiger partial charge in [0.15, 0.2) is 0 Å². The number of hydrogen-bond acceptors (Lipinski definition) is 1. The highest BCUT2D eigenvalue weighted by molar-refractivity contribution is 9.09. The van der Waals surface area contributed by atoms with Crippen molar-refractivity contribution in [1.82, 2.24) is 0 Å². The average Bonchev–Trinajstić information content (AvgIpc) is 2.26. The van der Waals surface area contributed by atoms with E-state index in [1.54, 1.807) is 7.11 Å². The van der Waals surface area contributed by atoms with Crippen molar-refractivity contribution in [2.24, 2.45) is 5.92 Å². The molecule has 0 heterocycles. The Labute approximate surface area is 107 Å². The lowest BCUT2D eigenvalue weighted by Crippen LogP contribution is -2.03. The van der Waals surface area contributed by atoms with Crippen molar-refractivity contribution in [3.8, 4) is 5.75 Å². The molecule has 0 radical (unpaired) electrons. The van der Waals surface area contributed by atoms with Gasteiger partial charge in [-0.3, -0.25) is 0 Å². The predicted octanol–water partition coefficient (Wildman–Crippen LogP) is 4.79. The number of methoxy groups -OCH3 is 1. The van der Waals surface area contributed by atoms with Crippen molar-refractivity contribution in [3.05, 3.63) is 28.8 Å². The zero-order valence-electron chi connectivity index (χ0n) is 10.8. The normalized spacial score (nSPS) is 14.6. The number of rotatable bonds is 4. The first-order valence-corrected chi connectivity index (χ1v) is 6.72. The van der Waals surface area contributed by atoms with Crippen LogP contribution in [0.5, 0.6) is 5.75 Å². The maximum Gasteiger partial charge on any atom is 0.124 e. The number of aryl methyl sites for hydroxylation is 2. The Kier molecular flexibility index (Phi) is 4.85. The van der Waals surface area contributed by atoms with Crippen LogP contribution in [0.25, 0.3) is 0 Å². The molecule has 0 spiro atoms. The third kappa shape index (κ3) is 2.79. The Morgan fingerprint density at radius 3 is 2.12 bits per heavy atom. The van der Waals surface area contributed by atoms with E-state index < -0.39 is 0 Å². The summed E-state index contributed by atoms with van der Waals surface area (Å²) in [5.41, 5.74) is 3.78. The molecule has 0 fully saturated rings. The zero-order chi connectivity index (χ0) is 12.3. The Morgan fingerprint density at radius 1 is 1.25 bits per heavy atom. The number of ether oxygens (including phenoxy) is 1. The second-order valence-corrected chi connectivity index (χ2v) is 5.46. The molecule has 1 nitrogen and oxygen atoms in total. The van der Waals surface area contributed by atoms with Crippen LogP contribution in [-0.2, 0) is 0 Å². The minimum atomic E-state index is 0.431. The van der Waals surface area contributed by atoms with E-state index in [0.717, 1.165) is 5.75 Å². The number of halogens is 1. The van der Waals surface area contributed by atoms with Gasteiger partial charge in [0.1, 0.15) is 5.75 Å². The van der Waals surface area contributed by atoms with E-state index in [-0.39, 0.29) is 0 Å². The Bertz CT molecular complexity index is 337. The van der Waals surface area contributed by atoms with E-state index in [1.807, 2.05) is 0 Å². The third-order valence-corrected chi connectivity index (χ3v) is 4.58. The monoisotopic (exact) mass is 284 g/mol. The van der Waals surface area contributed by atoms with Crippen molar-refractivity contribution >= 4 is 15.9 Å². The molecule has 1 aromatic carbocycles. The molecule has 90 valence electrons. The molecule has 2 unspecified atom stereocenters. The number of alkyl halides is 1. The van der Waals surface area contributed by atoms with Crippen LogP contribution in [-0.4, -0.2) is 7.11 Å². The SMILES string of the molecule is CCC(C)C(Br)c1cc(C)c(OC)c(C)c1. The molecular formula is C14H21BrO. The lowest BCUT2D eigenvalue weighted by molar-refractivity contribution is 0.408. The van der Waals surface area contributed by atoms with E-state index in [9.17, 15) is 0 Å². The summed E-state index contributed by atoms with van der Waals surface area (Å²) in [7, 11) is 1.73. The average molecular weight is 285 g/mol. The van der Waals surface area contributed by atoms with Crippen LogP contribution in [0.2, 0.25) is 0 Å². The summed E-state index contributed by atoms with van der Waals surface area (Å²) in [6.45, 7) is 8.70. The van der Waals surface area contributed by atoms with Gasteiger partial charge in [-0.1, -0.05) is 48.3 Å². The number of benzene rings is 1. The maximum absolute atomic E-state index is 5.38. The first-order valence-electron chi connectivity index (χ1n) is 5.80. The molecule has 0 bridgehead atoms. The molecule has 0 aliphatic carbocycles. The third-order valence-electron chi connectivity index (χ3n) is 3.15. The molecule has 0 N–H and O–H groups in total. The second kappa shape index (κ2) is 5.72. The topological polar surface area (TPSA) is 9.23 Å². The van der Waals surface area contributed by atoms with Gasteiger partial charge in [-0.2, -0.15) is 0 Å². The summed E-state index contributed by atoms with van der Waals surface area (Å²) in [6, 6.07) is 4.44. The minimum Gasteiger partial charge on any atom is -0.496 e. The quantitative estimate of drug-likeness (QED) is 0.722. The van der Waals surface area contributed by atoms with Crippen LogP contribution in [0.1, 0.15) is 41.8 Å². The molecule has 0 saturated heterocycles. The predicted molar refractivity (Wildman–Crippen MR) is 73.6 cm³/mol. The summed E-state index contributed by atoms with van der Waals surface area (Å²) in [5.74, 6) is 1.65. The van der Waals surface area contributed by atoms with Crippen molar-refractivity contribution in [1.29, 1.82) is 0 Å². The highest BCUT2D eigenvalue weighted by atomic mass is 79.9. The van der Waals surface area contributed by atoms with Crippen LogP contribution >= 0.6 is 15.9 Å². The molecule has 16 heavy (non-hydrogen) atoms. The van der Waals surface area contributed by atoms with Gasteiger partial charge in [0.05, 0.1) is 7.11 Å². The smallest absolute Gasteiger partial charge is 0.124 e. The Balaban J connectivity index is 3.08. The van der Waals surface area contributed by atoms with Gasteiger partial charge in [0, 0.05) is 4.83 Å². The molecule has 0 saturated carbocycles. The summed E-state index contributed by atoms with van der Waals surface area (Å²) < 4.78 is 5.38. The van der Waals surface area contributed by atoms with Crippen molar-refractivity contribution in [2.45, 2.75) is 38.9 Å². The lowest BCUT2D eigenvalue weighted by Gasteiger charge is -2.19. The van der Waals surface area contributed by atoms with Crippen LogP contribution < -0.4 is 4.74 Å². The first kappa shape index (κ1) is 13.6. The summed E-state index contributed by atoms with van der Waals surface area (Å²) in [5, 5.41) is 0. The fraction of sp³-hybridized carbons (Fsp3) is 0.571. The van der Waals surface area contributed by atoms with Crippen molar-refractivity contribution in [2.75, 3.05) is 7.11 Å². The molecule has 0 aromatic heterocycles. The molecule has 2 heteroatoms. The summed E-state index contributed by atoms with van der Waals surface area (Å²) in [6.07, 6.45) is 1.18. The van der Waals surface area contributed by atoms with E-state index in [2.05, 4.69) is 55.8 Å². The Morgan fingerprint density at radius 2 is 1.75 bits per heavy atom. The van der Waals surface area contributed by atoms with Crippen molar-refractivity contribution in [3.63, 3.8) is 0 Å². The molecule has 2 atom stereocenters. The van der Waals surface area contributed by atoms with E-state index in [0.29, 0.717) is 10.7 Å². The van der Waals surface area contributed by atoms with Crippen LogP contribution in [0.15, 0.2) is 12.1 Å². The second-order valence-electron chi connectivity index (χ2n) is 4.48. The van der Waals surface area contributed by atoms with Crippen LogP contribution in [0.4, 0.5) is 0 Å². The fourth-order valence-corrected chi connectivity index (χ4v) is 2.64. The molecule has 0 aliphatic heterocycles. The Hall–Kier alpha value is -0.500. The van der Waals surface area contributed by atoms with Gasteiger partial charge < -0.3 is 4.74 Å². The molecule has 1 aromatic rings. The highest BCUT2D eigenvalue weighted by Crippen LogP contribution is 2.36. The molecule has 1 rings (SSSR count). The van der Waals surface area contributed by atoms with Gasteiger partial charge >= 0.3 is 0 Å². The van der Waals surface area contributed by atoms with E-state index in [1.165, 1.54) is 23.1 Å². The van der Waals surface area contributed by atoms with E-state index >= 15 is 0 Å². The fourth-order valence-electron chi connectivity index (χ4n) is 2.00. The van der Waals surface area contributed by atoms with Gasteiger partial charge in [0.2, 0.25) is 0 Å². The molecule has 0 amide bonds. The minimum absolute atomic E-state index is 0.431. The molecular weight excluding hydrogens is 264 g/mol. The van der Waals surface area contributed by atoms with Gasteiger partial charge in [-0.15, -0.1) is 0 Å². The van der Waals surface area contributed by atoms with Gasteiger partial charge in [-0.25, -0.2) is 0 Å². The van der Waals surface area contributed by atoms with Crippen LogP contribution in [0, 0.1) is 19.8 Å². The standard InChI is InChI=1S/C14H21BrO/c1-6-9(2)13(15)12-7-10(3)14(16-5)11(4)8-12/h7-9,13H,6H2,1-5H3. The zero-order valence-corrected chi connectivity index (χ0v) is 12.4. The molecule has 0 aliphatic rings. The summed E-state index contributed by atoms with van der Waals surface area (Å²) in [4.78, 5) is 0.431. The van der Waals surface area contributed by atoms with Crippen molar-refractivity contribution < 1.29 is 4.74 Å². The summed E-state index contributed by atoms with van der Waals surface area (Å²) >= 11 is 3.79. The van der Waals surface area contributed by atoms with E-state index in [4.69, 9.17) is 4.74 Å². The largest absolute Gasteiger partial charge is 0.496 e. The number of hydrogen-bond donors (Lipinski definition) is 0. The maximum atomic E-state index is 5.38. The first-order chi connectivity index (χ1) is 7.51. The highest BCUT2D eigenvalue weighted by Gasteiger charge is 2.16. The van der Waals surface area contributed by atoms with Gasteiger partial charge in [-0.05, 0) is 36.5 Å².